The maximum absolute atomic E-state index is 12.4. The highest BCUT2D eigenvalue weighted by Crippen LogP contribution is 2.26. The average molecular weight is 490 g/mol. The average Bonchev–Trinajstić information content (AvgIpc) is 3.20. The number of halogens is 1. The molecule has 0 radical (unpaired) electrons. The van der Waals surface area contributed by atoms with E-state index < -0.39 is 0 Å². The van der Waals surface area contributed by atoms with Gasteiger partial charge in [-0.3, -0.25) is 4.79 Å². The molecule has 0 aliphatic carbocycles. The van der Waals surface area contributed by atoms with Crippen LogP contribution < -0.4 is 10.1 Å². The van der Waals surface area contributed by atoms with E-state index in [1.165, 1.54) is 5.56 Å². The summed E-state index contributed by atoms with van der Waals surface area (Å²) in [6.07, 6.45) is 1.78. The van der Waals surface area contributed by atoms with Crippen molar-refractivity contribution >= 4 is 28.5 Å². The van der Waals surface area contributed by atoms with E-state index in [0.29, 0.717) is 30.5 Å². The summed E-state index contributed by atoms with van der Waals surface area (Å²) in [5.41, 5.74) is 4.13. The summed E-state index contributed by atoms with van der Waals surface area (Å²) < 4.78 is 8.37. The first-order valence-electron chi connectivity index (χ1n) is 12.2. The zero-order valence-corrected chi connectivity index (χ0v) is 21.1. The molecule has 0 aliphatic rings. The van der Waals surface area contributed by atoms with E-state index >= 15 is 0 Å². The summed E-state index contributed by atoms with van der Waals surface area (Å²) in [5.74, 6) is 2.30. The highest BCUT2D eigenvalue weighted by Gasteiger charge is 2.12. The molecule has 0 saturated heterocycles. The molecule has 4 rings (SSSR count). The van der Waals surface area contributed by atoms with E-state index in [4.69, 9.17) is 21.3 Å². The van der Waals surface area contributed by atoms with Gasteiger partial charge in [0.05, 0.1) is 24.1 Å². The fourth-order valence-electron chi connectivity index (χ4n) is 4.25. The summed E-state index contributed by atoms with van der Waals surface area (Å²) in [6.45, 7) is 6.31. The highest BCUT2D eigenvalue weighted by atomic mass is 35.5. The molecule has 1 amide bonds. The molecule has 0 spiro atoms. The Morgan fingerprint density at radius 2 is 1.77 bits per heavy atom. The van der Waals surface area contributed by atoms with Crippen molar-refractivity contribution in [3.05, 3.63) is 94.8 Å². The van der Waals surface area contributed by atoms with Gasteiger partial charge >= 0.3 is 0 Å². The molecule has 6 heteroatoms. The Morgan fingerprint density at radius 1 is 1.03 bits per heavy atom. The molecule has 35 heavy (non-hydrogen) atoms. The third-order valence-electron chi connectivity index (χ3n) is 6.04. The van der Waals surface area contributed by atoms with Crippen LogP contribution in [0.2, 0.25) is 5.02 Å². The number of ether oxygens (including phenoxy) is 1. The summed E-state index contributed by atoms with van der Waals surface area (Å²) in [5, 5.41) is 3.62. The normalized spacial score (nSPS) is 11.2. The van der Waals surface area contributed by atoms with Gasteiger partial charge in [0.2, 0.25) is 5.91 Å². The first kappa shape index (κ1) is 24.8. The minimum Gasteiger partial charge on any atom is -0.493 e. The summed E-state index contributed by atoms with van der Waals surface area (Å²) in [4.78, 5) is 17.3. The standard InChI is InChI=1S/C29H32ClN3O2/c1-21(2)23-11-4-8-15-27(23)35-19-9-18-33-26-14-7-6-13-25(26)32-28(33)16-17-31-29(34)20-22-10-3-5-12-24(22)30/h3-8,10-15,21H,9,16-20H2,1-2H3,(H,31,34). The van der Waals surface area contributed by atoms with Crippen molar-refractivity contribution in [3.63, 3.8) is 0 Å². The first-order chi connectivity index (χ1) is 17.0. The number of para-hydroxylation sites is 3. The third kappa shape index (κ3) is 6.43. The van der Waals surface area contributed by atoms with Crippen molar-refractivity contribution in [2.75, 3.05) is 13.2 Å². The number of hydrogen-bond acceptors (Lipinski definition) is 3. The van der Waals surface area contributed by atoms with Crippen molar-refractivity contribution in [3.8, 4) is 5.75 Å². The van der Waals surface area contributed by atoms with Crippen LogP contribution in [0, 0.1) is 0 Å². The lowest BCUT2D eigenvalue weighted by Crippen LogP contribution is -2.28. The molecule has 182 valence electrons. The van der Waals surface area contributed by atoms with Crippen molar-refractivity contribution in [1.82, 2.24) is 14.9 Å². The number of rotatable bonds is 11. The van der Waals surface area contributed by atoms with Gasteiger partial charge in [-0.2, -0.15) is 0 Å². The highest BCUT2D eigenvalue weighted by molar-refractivity contribution is 6.31. The Morgan fingerprint density at radius 3 is 2.60 bits per heavy atom. The number of nitrogens with one attached hydrogen (secondary N) is 1. The van der Waals surface area contributed by atoms with Crippen LogP contribution in [0.25, 0.3) is 11.0 Å². The number of benzene rings is 3. The van der Waals surface area contributed by atoms with Crippen molar-refractivity contribution < 1.29 is 9.53 Å². The number of carbonyl (C=O) groups excluding carboxylic acids is 1. The molecule has 0 unspecified atom stereocenters. The van der Waals surface area contributed by atoms with Gasteiger partial charge in [-0.05, 0) is 47.7 Å². The number of nitrogens with zero attached hydrogens (tertiary/aromatic N) is 2. The van der Waals surface area contributed by atoms with Crippen molar-refractivity contribution in [2.24, 2.45) is 0 Å². The molecular formula is C29H32ClN3O2. The molecule has 0 fully saturated rings. The van der Waals surface area contributed by atoms with Gasteiger partial charge in [-0.15, -0.1) is 0 Å². The predicted molar refractivity (Wildman–Crippen MR) is 142 cm³/mol. The minimum absolute atomic E-state index is 0.0435. The topological polar surface area (TPSA) is 56.1 Å². The van der Waals surface area contributed by atoms with Crippen LogP contribution in [-0.2, 0) is 24.2 Å². The summed E-state index contributed by atoms with van der Waals surface area (Å²) in [7, 11) is 0. The van der Waals surface area contributed by atoms with Crippen LogP contribution in [0.15, 0.2) is 72.8 Å². The van der Waals surface area contributed by atoms with Crippen molar-refractivity contribution in [2.45, 2.75) is 45.6 Å². The quantitative estimate of drug-likeness (QED) is 0.256. The Hall–Kier alpha value is -3.31. The number of imidazole rings is 1. The van der Waals surface area contributed by atoms with E-state index in [9.17, 15) is 4.79 Å². The molecule has 1 aromatic heterocycles. The van der Waals surface area contributed by atoms with Gasteiger partial charge in [0.1, 0.15) is 11.6 Å². The van der Waals surface area contributed by atoms with Crippen molar-refractivity contribution in [1.29, 1.82) is 0 Å². The lowest BCUT2D eigenvalue weighted by Gasteiger charge is -2.14. The molecule has 1 N–H and O–H groups in total. The molecule has 0 atom stereocenters. The Kier molecular flexibility index (Phi) is 8.43. The SMILES string of the molecule is CC(C)c1ccccc1OCCCn1c(CCNC(=O)Cc2ccccc2Cl)nc2ccccc21. The van der Waals surface area contributed by atoms with Crippen LogP contribution in [0.1, 0.15) is 43.1 Å². The van der Waals surface area contributed by atoms with Gasteiger partial charge in [-0.25, -0.2) is 4.98 Å². The van der Waals surface area contributed by atoms with Gasteiger partial charge in [0, 0.05) is 24.5 Å². The van der Waals surface area contributed by atoms with E-state index in [2.05, 4.69) is 41.9 Å². The van der Waals surface area contributed by atoms with E-state index in [0.717, 1.165) is 41.1 Å². The van der Waals surface area contributed by atoms with Gasteiger partial charge in [-0.1, -0.05) is 74.0 Å². The third-order valence-corrected chi connectivity index (χ3v) is 6.41. The molecule has 0 bridgehead atoms. The van der Waals surface area contributed by atoms with Crippen LogP contribution in [0.5, 0.6) is 5.75 Å². The Labute approximate surface area is 212 Å². The zero-order chi connectivity index (χ0) is 24.6. The maximum Gasteiger partial charge on any atom is 0.224 e. The molecule has 0 aliphatic heterocycles. The second-order valence-electron chi connectivity index (χ2n) is 8.93. The van der Waals surface area contributed by atoms with Crippen LogP contribution >= 0.6 is 11.6 Å². The van der Waals surface area contributed by atoms with Gasteiger partial charge < -0.3 is 14.6 Å². The molecule has 4 aromatic rings. The van der Waals surface area contributed by atoms with Crippen LogP contribution in [-0.4, -0.2) is 28.6 Å². The summed E-state index contributed by atoms with van der Waals surface area (Å²) >= 11 is 6.18. The van der Waals surface area contributed by atoms with E-state index in [1.807, 2.05) is 48.5 Å². The van der Waals surface area contributed by atoms with Gasteiger partial charge in [0.15, 0.2) is 0 Å². The fraction of sp³-hybridized carbons (Fsp3) is 0.310. The second kappa shape index (κ2) is 11.9. The molecule has 5 nitrogen and oxygen atoms in total. The lowest BCUT2D eigenvalue weighted by atomic mass is 10.0. The predicted octanol–water partition coefficient (Wildman–Crippen LogP) is 6.18. The maximum atomic E-state index is 12.4. The number of carbonyl (C=O) groups is 1. The smallest absolute Gasteiger partial charge is 0.224 e. The number of hydrogen-bond donors (Lipinski definition) is 1. The molecule has 1 heterocycles. The molecule has 3 aromatic carbocycles. The van der Waals surface area contributed by atoms with E-state index in [1.54, 1.807) is 6.07 Å². The zero-order valence-electron chi connectivity index (χ0n) is 20.3. The van der Waals surface area contributed by atoms with Crippen LogP contribution in [0.3, 0.4) is 0 Å². The molecular weight excluding hydrogens is 458 g/mol. The number of amides is 1. The fourth-order valence-corrected chi connectivity index (χ4v) is 4.45. The summed E-state index contributed by atoms with van der Waals surface area (Å²) in [6, 6.07) is 23.8. The lowest BCUT2D eigenvalue weighted by molar-refractivity contribution is -0.120. The monoisotopic (exact) mass is 489 g/mol. The molecule has 0 saturated carbocycles. The van der Waals surface area contributed by atoms with Crippen LogP contribution in [0.4, 0.5) is 0 Å². The Bertz CT molecular complexity index is 1280. The second-order valence-corrected chi connectivity index (χ2v) is 9.34. The largest absolute Gasteiger partial charge is 0.493 e. The van der Waals surface area contributed by atoms with Gasteiger partial charge in [0.25, 0.3) is 0 Å². The first-order valence-corrected chi connectivity index (χ1v) is 12.6. The minimum atomic E-state index is -0.0435. The van der Waals surface area contributed by atoms with E-state index in [-0.39, 0.29) is 12.3 Å². The number of fused-ring (bicyclic) bond motifs is 1. The Balaban J connectivity index is 1.35. The number of aryl methyl sites for hydroxylation is 1. The number of aromatic nitrogens is 2.